The van der Waals surface area contributed by atoms with Gasteiger partial charge < -0.3 is 15.6 Å². The minimum Gasteiger partial charge on any atom is -0.491 e. The number of aliphatic hydroxyl groups is 1. The Labute approximate surface area is 156 Å². The van der Waals surface area contributed by atoms with Gasteiger partial charge in [-0.25, -0.2) is 0 Å². The normalized spacial score (nSPS) is 10.7. The molecule has 4 nitrogen and oxygen atoms in total. The highest BCUT2D eigenvalue weighted by molar-refractivity contribution is 6.11. The van der Waals surface area contributed by atoms with Crippen LogP contribution in [-0.4, -0.2) is 24.1 Å². The van der Waals surface area contributed by atoms with Crippen LogP contribution in [0.25, 0.3) is 0 Å². The van der Waals surface area contributed by atoms with Crippen molar-refractivity contribution in [1.29, 1.82) is 0 Å². The zero-order chi connectivity index (χ0) is 18.8. The maximum absolute atomic E-state index is 12.9. The summed E-state index contributed by atoms with van der Waals surface area (Å²) >= 11 is 0. The van der Waals surface area contributed by atoms with E-state index in [2.05, 4.69) is 0 Å². The standard InChI is InChI=1S/C22H29NO3/c1-17-15-19(21(25)18-11-7-6-8-12-18)22(20(23)16-17)26-14-10-5-3-2-4-9-13-24/h6-8,11-12,15-16,24H,2-5,9-10,13-14,23H2,1H3. The summed E-state index contributed by atoms with van der Waals surface area (Å²) in [7, 11) is 0. The Morgan fingerprint density at radius 3 is 2.35 bits per heavy atom. The summed E-state index contributed by atoms with van der Waals surface area (Å²) in [5, 5.41) is 8.77. The van der Waals surface area contributed by atoms with Crippen molar-refractivity contribution < 1.29 is 14.6 Å². The molecule has 0 saturated heterocycles. The SMILES string of the molecule is Cc1cc(N)c(OCCCCCCCCO)c(C(=O)c2ccccc2)c1. The first-order valence-corrected chi connectivity index (χ1v) is 9.37. The molecule has 2 rings (SSSR count). The van der Waals surface area contributed by atoms with Crippen molar-refractivity contribution in [3.8, 4) is 5.75 Å². The average molecular weight is 355 g/mol. The van der Waals surface area contributed by atoms with Gasteiger partial charge in [0.1, 0.15) is 0 Å². The predicted molar refractivity (Wildman–Crippen MR) is 106 cm³/mol. The third-order valence-corrected chi connectivity index (χ3v) is 4.34. The van der Waals surface area contributed by atoms with Gasteiger partial charge in [0.05, 0.1) is 17.9 Å². The summed E-state index contributed by atoms with van der Waals surface area (Å²) in [6.45, 7) is 2.74. The number of nitrogen functional groups attached to an aromatic ring is 1. The molecular formula is C22H29NO3. The molecule has 0 bridgehead atoms. The van der Waals surface area contributed by atoms with E-state index in [1.165, 1.54) is 0 Å². The number of ketones is 1. The molecule has 26 heavy (non-hydrogen) atoms. The fourth-order valence-corrected chi connectivity index (χ4v) is 2.97. The Hall–Kier alpha value is -2.33. The maximum Gasteiger partial charge on any atom is 0.196 e. The number of unbranched alkanes of at least 4 members (excludes halogenated alkanes) is 5. The summed E-state index contributed by atoms with van der Waals surface area (Å²) < 4.78 is 5.91. The summed E-state index contributed by atoms with van der Waals surface area (Å²) in [5.74, 6) is 0.421. The molecule has 0 radical (unpaired) electrons. The van der Waals surface area contributed by atoms with Crippen LogP contribution in [-0.2, 0) is 0 Å². The molecule has 0 heterocycles. The van der Waals surface area contributed by atoms with Crippen LogP contribution in [0.5, 0.6) is 5.75 Å². The first-order valence-electron chi connectivity index (χ1n) is 9.37. The van der Waals surface area contributed by atoms with E-state index in [1.807, 2.05) is 37.3 Å². The highest BCUT2D eigenvalue weighted by Gasteiger charge is 2.17. The number of hydrogen-bond donors (Lipinski definition) is 2. The summed E-state index contributed by atoms with van der Waals surface area (Å²) in [5.41, 5.74) is 8.74. The van der Waals surface area contributed by atoms with Crippen LogP contribution in [0.4, 0.5) is 5.69 Å². The lowest BCUT2D eigenvalue weighted by atomic mass is 9.99. The number of aryl methyl sites for hydroxylation is 1. The number of ether oxygens (including phenoxy) is 1. The maximum atomic E-state index is 12.9. The van der Waals surface area contributed by atoms with Crippen molar-refractivity contribution in [2.45, 2.75) is 45.4 Å². The summed E-state index contributed by atoms with van der Waals surface area (Å²) in [6.07, 6.45) is 6.19. The molecule has 0 amide bonds. The topological polar surface area (TPSA) is 72.6 Å². The Kier molecular flexibility index (Phi) is 8.16. The van der Waals surface area contributed by atoms with E-state index in [0.717, 1.165) is 44.1 Å². The first-order chi connectivity index (χ1) is 12.6. The Balaban J connectivity index is 1.98. The van der Waals surface area contributed by atoms with Crippen LogP contribution < -0.4 is 10.5 Å². The number of carbonyl (C=O) groups is 1. The van der Waals surface area contributed by atoms with Gasteiger partial charge in [0.15, 0.2) is 11.5 Å². The van der Waals surface area contributed by atoms with Crippen LogP contribution in [0.1, 0.15) is 60.0 Å². The van der Waals surface area contributed by atoms with Gasteiger partial charge in [-0.2, -0.15) is 0 Å². The lowest BCUT2D eigenvalue weighted by Crippen LogP contribution is -2.09. The van der Waals surface area contributed by atoms with E-state index < -0.39 is 0 Å². The largest absolute Gasteiger partial charge is 0.491 e. The second-order valence-electron chi connectivity index (χ2n) is 6.62. The molecule has 4 heteroatoms. The third-order valence-electron chi connectivity index (χ3n) is 4.34. The molecular weight excluding hydrogens is 326 g/mol. The van der Waals surface area contributed by atoms with E-state index in [-0.39, 0.29) is 12.4 Å². The van der Waals surface area contributed by atoms with Crippen LogP contribution in [0.15, 0.2) is 42.5 Å². The van der Waals surface area contributed by atoms with Crippen LogP contribution in [0, 0.1) is 6.92 Å². The molecule has 0 fully saturated rings. The molecule has 0 aliphatic rings. The van der Waals surface area contributed by atoms with E-state index in [4.69, 9.17) is 15.6 Å². The average Bonchev–Trinajstić information content (AvgIpc) is 2.65. The van der Waals surface area contributed by atoms with Gasteiger partial charge in [0.25, 0.3) is 0 Å². The first kappa shape index (κ1) is 20.0. The molecule has 0 atom stereocenters. The highest BCUT2D eigenvalue weighted by atomic mass is 16.5. The highest BCUT2D eigenvalue weighted by Crippen LogP contribution is 2.30. The monoisotopic (exact) mass is 355 g/mol. The quantitative estimate of drug-likeness (QED) is 0.353. The molecule has 3 N–H and O–H groups in total. The molecule has 0 aliphatic carbocycles. The number of carbonyl (C=O) groups excluding carboxylic acids is 1. The molecule has 0 spiro atoms. The van der Waals surface area contributed by atoms with Crippen molar-refractivity contribution in [2.24, 2.45) is 0 Å². The van der Waals surface area contributed by atoms with Crippen molar-refractivity contribution in [2.75, 3.05) is 18.9 Å². The van der Waals surface area contributed by atoms with Gasteiger partial charge in [-0.3, -0.25) is 4.79 Å². The molecule has 0 aliphatic heterocycles. The number of aliphatic hydroxyl groups excluding tert-OH is 1. The van der Waals surface area contributed by atoms with Crippen molar-refractivity contribution in [3.05, 3.63) is 59.2 Å². The predicted octanol–water partition coefficient (Wildman–Crippen LogP) is 4.52. The van der Waals surface area contributed by atoms with Gasteiger partial charge in [0, 0.05) is 12.2 Å². The van der Waals surface area contributed by atoms with E-state index >= 15 is 0 Å². The lowest BCUT2D eigenvalue weighted by Gasteiger charge is -2.14. The zero-order valence-corrected chi connectivity index (χ0v) is 15.5. The van der Waals surface area contributed by atoms with Crippen LogP contribution in [0.2, 0.25) is 0 Å². The van der Waals surface area contributed by atoms with Crippen LogP contribution >= 0.6 is 0 Å². The number of hydrogen-bond acceptors (Lipinski definition) is 4. The molecule has 140 valence electrons. The number of benzene rings is 2. The number of rotatable bonds is 11. The van der Waals surface area contributed by atoms with Gasteiger partial charge in [-0.15, -0.1) is 0 Å². The zero-order valence-electron chi connectivity index (χ0n) is 15.5. The van der Waals surface area contributed by atoms with Crippen molar-refractivity contribution >= 4 is 11.5 Å². The molecule has 0 unspecified atom stereocenters. The fraction of sp³-hybridized carbons (Fsp3) is 0.409. The number of nitrogens with two attached hydrogens (primary N) is 1. The fourth-order valence-electron chi connectivity index (χ4n) is 2.97. The Morgan fingerprint density at radius 1 is 1.00 bits per heavy atom. The molecule has 2 aromatic carbocycles. The lowest BCUT2D eigenvalue weighted by molar-refractivity contribution is 0.103. The smallest absolute Gasteiger partial charge is 0.196 e. The third kappa shape index (κ3) is 5.88. The molecule has 0 aromatic heterocycles. The van der Waals surface area contributed by atoms with Crippen molar-refractivity contribution in [3.63, 3.8) is 0 Å². The minimum absolute atomic E-state index is 0.0694. The second kappa shape index (κ2) is 10.6. The Morgan fingerprint density at radius 2 is 1.65 bits per heavy atom. The number of anilines is 1. The van der Waals surface area contributed by atoms with Gasteiger partial charge in [-0.1, -0.05) is 56.0 Å². The van der Waals surface area contributed by atoms with E-state index in [9.17, 15) is 4.79 Å². The minimum atomic E-state index is -0.0694. The van der Waals surface area contributed by atoms with E-state index in [1.54, 1.807) is 12.1 Å². The summed E-state index contributed by atoms with van der Waals surface area (Å²) in [4.78, 5) is 12.9. The van der Waals surface area contributed by atoms with E-state index in [0.29, 0.717) is 29.2 Å². The van der Waals surface area contributed by atoms with Gasteiger partial charge >= 0.3 is 0 Å². The van der Waals surface area contributed by atoms with Gasteiger partial charge in [-0.05, 0) is 37.5 Å². The summed E-state index contributed by atoms with van der Waals surface area (Å²) in [6, 6.07) is 12.9. The Bertz CT molecular complexity index is 698. The van der Waals surface area contributed by atoms with Gasteiger partial charge in [0.2, 0.25) is 0 Å². The van der Waals surface area contributed by atoms with Crippen molar-refractivity contribution in [1.82, 2.24) is 0 Å². The molecule has 0 saturated carbocycles. The molecule has 2 aromatic rings. The second-order valence-corrected chi connectivity index (χ2v) is 6.62. The van der Waals surface area contributed by atoms with Crippen LogP contribution in [0.3, 0.4) is 0 Å².